The van der Waals surface area contributed by atoms with Crippen molar-refractivity contribution in [1.82, 2.24) is 15.2 Å². The van der Waals surface area contributed by atoms with Crippen molar-refractivity contribution in [1.29, 1.82) is 0 Å². The molecule has 2 heterocycles. The van der Waals surface area contributed by atoms with Crippen molar-refractivity contribution in [2.24, 2.45) is 0 Å². The molecule has 23 heavy (non-hydrogen) atoms. The first-order valence-electron chi connectivity index (χ1n) is 8.82. The highest BCUT2D eigenvalue weighted by Crippen LogP contribution is 2.18. The summed E-state index contributed by atoms with van der Waals surface area (Å²) in [4.78, 5) is 19.2. The van der Waals surface area contributed by atoms with Gasteiger partial charge in [-0.15, -0.1) is 11.3 Å². The van der Waals surface area contributed by atoms with Crippen LogP contribution in [0.25, 0.3) is 0 Å². The number of hydrogen-bond donors (Lipinski definition) is 1. The van der Waals surface area contributed by atoms with Gasteiger partial charge in [-0.05, 0) is 12.8 Å². The zero-order valence-corrected chi connectivity index (χ0v) is 14.6. The van der Waals surface area contributed by atoms with Crippen LogP contribution in [0.15, 0.2) is 5.38 Å². The molecule has 0 unspecified atom stereocenters. The van der Waals surface area contributed by atoms with E-state index in [0.29, 0.717) is 12.5 Å². The van der Waals surface area contributed by atoms with Crippen LogP contribution in [-0.4, -0.2) is 48.1 Å². The van der Waals surface area contributed by atoms with Crippen LogP contribution in [-0.2, 0) is 22.5 Å². The van der Waals surface area contributed by atoms with Gasteiger partial charge in [-0.25, -0.2) is 4.98 Å². The van der Waals surface area contributed by atoms with Crippen molar-refractivity contribution in [2.75, 3.05) is 26.3 Å². The Labute approximate surface area is 142 Å². The van der Waals surface area contributed by atoms with E-state index in [0.717, 1.165) is 56.4 Å². The SMILES string of the molecule is O=C(Cc1csc(CN2CCOCC2)n1)NC1CCCCCC1. The van der Waals surface area contributed by atoms with Gasteiger partial charge < -0.3 is 10.1 Å². The summed E-state index contributed by atoms with van der Waals surface area (Å²) in [5.74, 6) is 0.125. The summed E-state index contributed by atoms with van der Waals surface area (Å²) in [7, 11) is 0. The van der Waals surface area contributed by atoms with E-state index in [1.54, 1.807) is 11.3 Å². The van der Waals surface area contributed by atoms with Gasteiger partial charge in [0.15, 0.2) is 0 Å². The Balaban J connectivity index is 1.44. The lowest BCUT2D eigenvalue weighted by Gasteiger charge is -2.25. The molecule has 2 fully saturated rings. The standard InChI is InChI=1S/C17H27N3O2S/c21-16(18-14-5-3-1-2-4-6-14)11-15-13-23-17(19-15)12-20-7-9-22-10-8-20/h13-14H,1-12H2,(H,18,21). The number of carbonyl (C=O) groups is 1. The average molecular weight is 337 g/mol. The molecule has 1 aromatic rings. The molecular weight excluding hydrogens is 310 g/mol. The van der Waals surface area contributed by atoms with E-state index < -0.39 is 0 Å². The number of ether oxygens (including phenoxy) is 1. The van der Waals surface area contributed by atoms with Crippen molar-refractivity contribution < 1.29 is 9.53 Å². The van der Waals surface area contributed by atoms with Crippen molar-refractivity contribution >= 4 is 17.2 Å². The maximum absolute atomic E-state index is 12.2. The van der Waals surface area contributed by atoms with Crippen LogP contribution < -0.4 is 5.32 Å². The highest BCUT2D eigenvalue weighted by Gasteiger charge is 2.17. The fraction of sp³-hybridized carbons (Fsp3) is 0.765. The van der Waals surface area contributed by atoms with Crippen LogP contribution in [0, 0.1) is 0 Å². The molecule has 1 aliphatic heterocycles. The molecular formula is C17H27N3O2S. The summed E-state index contributed by atoms with van der Waals surface area (Å²) in [6.45, 7) is 4.43. The highest BCUT2D eigenvalue weighted by molar-refractivity contribution is 7.09. The Morgan fingerprint density at radius 3 is 2.74 bits per heavy atom. The first kappa shape index (κ1) is 16.9. The van der Waals surface area contributed by atoms with Crippen LogP contribution in [0.2, 0.25) is 0 Å². The first-order valence-corrected chi connectivity index (χ1v) is 9.70. The fourth-order valence-corrected chi connectivity index (χ4v) is 4.16. The normalized spacial score (nSPS) is 21.0. The van der Waals surface area contributed by atoms with Gasteiger partial charge in [0.2, 0.25) is 5.91 Å². The summed E-state index contributed by atoms with van der Waals surface area (Å²) in [6, 6.07) is 0.372. The molecule has 0 bridgehead atoms. The second-order valence-corrected chi connectivity index (χ2v) is 7.50. The summed E-state index contributed by atoms with van der Waals surface area (Å²) in [6.07, 6.45) is 7.77. The van der Waals surface area contributed by atoms with E-state index in [-0.39, 0.29) is 5.91 Å². The van der Waals surface area contributed by atoms with Gasteiger partial charge in [0, 0.05) is 24.5 Å². The molecule has 0 atom stereocenters. The van der Waals surface area contributed by atoms with Gasteiger partial charge in [0.05, 0.1) is 31.9 Å². The molecule has 1 N–H and O–H groups in total. The van der Waals surface area contributed by atoms with E-state index >= 15 is 0 Å². The van der Waals surface area contributed by atoms with E-state index in [2.05, 4.69) is 15.2 Å². The Morgan fingerprint density at radius 1 is 1.26 bits per heavy atom. The van der Waals surface area contributed by atoms with Crippen LogP contribution in [0.3, 0.4) is 0 Å². The number of aromatic nitrogens is 1. The second-order valence-electron chi connectivity index (χ2n) is 6.55. The Bertz CT molecular complexity index is 492. The fourth-order valence-electron chi connectivity index (χ4n) is 3.32. The molecule has 3 rings (SSSR count). The molecule has 1 aliphatic carbocycles. The number of nitrogens with zero attached hydrogens (tertiary/aromatic N) is 2. The number of morpholine rings is 1. The molecule has 0 radical (unpaired) electrons. The predicted molar refractivity (Wildman–Crippen MR) is 91.5 cm³/mol. The van der Waals surface area contributed by atoms with Gasteiger partial charge in [-0.2, -0.15) is 0 Å². The quantitative estimate of drug-likeness (QED) is 0.838. The molecule has 1 saturated heterocycles. The minimum absolute atomic E-state index is 0.125. The third-order valence-electron chi connectivity index (χ3n) is 4.62. The number of amides is 1. The van der Waals surface area contributed by atoms with Crippen LogP contribution in [0.4, 0.5) is 0 Å². The Morgan fingerprint density at radius 2 is 2.00 bits per heavy atom. The average Bonchev–Trinajstić information content (AvgIpc) is 2.82. The lowest BCUT2D eigenvalue weighted by molar-refractivity contribution is -0.121. The van der Waals surface area contributed by atoms with Crippen LogP contribution in [0.5, 0.6) is 0 Å². The molecule has 6 heteroatoms. The summed E-state index contributed by atoms with van der Waals surface area (Å²) >= 11 is 1.66. The molecule has 2 aliphatic rings. The molecule has 128 valence electrons. The van der Waals surface area contributed by atoms with E-state index in [9.17, 15) is 4.79 Å². The van der Waals surface area contributed by atoms with Crippen LogP contribution >= 0.6 is 11.3 Å². The van der Waals surface area contributed by atoms with Gasteiger partial charge in [-0.3, -0.25) is 9.69 Å². The van der Waals surface area contributed by atoms with E-state index in [4.69, 9.17) is 4.74 Å². The third kappa shape index (κ3) is 5.55. The monoisotopic (exact) mass is 337 g/mol. The van der Waals surface area contributed by atoms with E-state index in [1.165, 1.54) is 25.7 Å². The third-order valence-corrected chi connectivity index (χ3v) is 5.51. The molecule has 5 nitrogen and oxygen atoms in total. The maximum atomic E-state index is 12.2. The van der Waals surface area contributed by atoms with Crippen molar-refractivity contribution in [2.45, 2.75) is 57.5 Å². The predicted octanol–water partition coefficient (Wildman–Crippen LogP) is 2.36. The lowest BCUT2D eigenvalue weighted by atomic mass is 10.1. The Kier molecular flexibility index (Phi) is 6.42. The van der Waals surface area contributed by atoms with Gasteiger partial charge in [-0.1, -0.05) is 25.7 Å². The van der Waals surface area contributed by atoms with Gasteiger partial charge >= 0.3 is 0 Å². The largest absolute Gasteiger partial charge is 0.379 e. The zero-order chi connectivity index (χ0) is 15.9. The van der Waals surface area contributed by atoms with Crippen molar-refractivity contribution in [3.63, 3.8) is 0 Å². The lowest BCUT2D eigenvalue weighted by Crippen LogP contribution is -2.36. The molecule has 1 amide bonds. The number of nitrogens with one attached hydrogen (secondary N) is 1. The highest BCUT2D eigenvalue weighted by atomic mass is 32.1. The Hall–Kier alpha value is -0.980. The zero-order valence-electron chi connectivity index (χ0n) is 13.8. The maximum Gasteiger partial charge on any atom is 0.226 e. The van der Waals surface area contributed by atoms with Crippen LogP contribution in [0.1, 0.15) is 49.2 Å². The number of thiazole rings is 1. The van der Waals surface area contributed by atoms with E-state index in [1.807, 2.05) is 5.38 Å². The summed E-state index contributed by atoms with van der Waals surface area (Å²) in [5, 5.41) is 6.33. The minimum atomic E-state index is 0.125. The van der Waals surface area contributed by atoms with Gasteiger partial charge in [0.1, 0.15) is 5.01 Å². The van der Waals surface area contributed by atoms with Crippen molar-refractivity contribution in [3.05, 3.63) is 16.1 Å². The van der Waals surface area contributed by atoms with Crippen molar-refractivity contribution in [3.8, 4) is 0 Å². The smallest absolute Gasteiger partial charge is 0.226 e. The molecule has 0 aromatic carbocycles. The second kappa shape index (κ2) is 8.76. The topological polar surface area (TPSA) is 54.5 Å². The number of rotatable bonds is 5. The summed E-state index contributed by atoms with van der Waals surface area (Å²) in [5.41, 5.74) is 0.907. The first-order chi connectivity index (χ1) is 11.3. The van der Waals surface area contributed by atoms with Gasteiger partial charge in [0.25, 0.3) is 0 Å². The molecule has 1 saturated carbocycles. The summed E-state index contributed by atoms with van der Waals surface area (Å²) < 4.78 is 5.36. The number of hydrogen-bond acceptors (Lipinski definition) is 5. The molecule has 0 spiro atoms. The number of carbonyl (C=O) groups excluding carboxylic acids is 1. The minimum Gasteiger partial charge on any atom is -0.379 e. The molecule has 1 aromatic heterocycles.